The third-order valence-electron chi connectivity index (χ3n) is 6.10. The van der Waals surface area contributed by atoms with E-state index in [-0.39, 0.29) is 42.7 Å². The summed E-state index contributed by atoms with van der Waals surface area (Å²) >= 11 is 7.69. The van der Waals surface area contributed by atoms with E-state index in [1.54, 1.807) is 24.3 Å². The van der Waals surface area contributed by atoms with Crippen LogP contribution >= 0.6 is 35.3 Å². The number of rotatable bonds is 9. The molecule has 2 heterocycles. The first-order chi connectivity index (χ1) is 17.8. The van der Waals surface area contributed by atoms with Crippen LogP contribution in [0.3, 0.4) is 0 Å². The molecule has 0 bridgehead atoms. The maximum absolute atomic E-state index is 12.6. The summed E-state index contributed by atoms with van der Waals surface area (Å²) in [5.41, 5.74) is 8.36. The molecule has 1 atom stereocenters. The molecule has 6 N–H and O–H groups in total. The van der Waals surface area contributed by atoms with Crippen LogP contribution in [-0.2, 0) is 9.59 Å². The van der Waals surface area contributed by atoms with Gasteiger partial charge in [-0.2, -0.15) is 0 Å². The van der Waals surface area contributed by atoms with Crippen molar-refractivity contribution < 1.29 is 14.3 Å². The lowest BCUT2D eigenvalue weighted by Gasteiger charge is -2.25. The van der Waals surface area contributed by atoms with E-state index >= 15 is 0 Å². The van der Waals surface area contributed by atoms with Gasteiger partial charge in [-0.05, 0) is 86.9 Å². The van der Waals surface area contributed by atoms with E-state index < -0.39 is 5.91 Å². The number of nitrogens with two attached hydrogens (primary N) is 1. The Labute approximate surface area is 237 Å². The summed E-state index contributed by atoms with van der Waals surface area (Å²) in [6.45, 7) is 3.75. The van der Waals surface area contributed by atoms with Gasteiger partial charge in [0.15, 0.2) is 0 Å². The van der Waals surface area contributed by atoms with E-state index in [4.69, 9.17) is 27.5 Å². The number of thiophene rings is 1. The van der Waals surface area contributed by atoms with Crippen LogP contribution in [0.4, 0.5) is 5.69 Å². The van der Waals surface area contributed by atoms with Gasteiger partial charge < -0.3 is 26.4 Å². The number of ether oxygens (including phenoxy) is 1. The zero-order valence-corrected chi connectivity index (χ0v) is 23.3. The smallest absolute Gasteiger partial charge is 0.233 e. The van der Waals surface area contributed by atoms with Crippen molar-refractivity contribution in [2.75, 3.05) is 18.4 Å². The summed E-state index contributed by atoms with van der Waals surface area (Å²) in [4.78, 5) is 26.0. The zero-order valence-electron chi connectivity index (χ0n) is 20.9. The van der Waals surface area contributed by atoms with Crippen molar-refractivity contribution in [2.24, 2.45) is 5.73 Å². The van der Waals surface area contributed by atoms with Gasteiger partial charge in [-0.1, -0.05) is 17.7 Å². The van der Waals surface area contributed by atoms with E-state index in [2.05, 4.69) is 16.0 Å². The van der Waals surface area contributed by atoms with Crippen LogP contribution < -0.4 is 26.4 Å². The molecular formula is C27H31Cl2N5O3S. The first-order valence-corrected chi connectivity index (χ1v) is 13.3. The zero-order chi connectivity index (χ0) is 26.4. The van der Waals surface area contributed by atoms with Crippen molar-refractivity contribution in [2.45, 2.75) is 38.3 Å². The Morgan fingerprint density at radius 2 is 1.84 bits per heavy atom. The summed E-state index contributed by atoms with van der Waals surface area (Å²) < 4.78 is 7.05. The van der Waals surface area contributed by atoms with Crippen molar-refractivity contribution >= 4 is 58.7 Å². The predicted molar refractivity (Wildman–Crippen MR) is 156 cm³/mol. The molecule has 0 radical (unpaired) electrons. The Morgan fingerprint density at radius 1 is 1.13 bits per heavy atom. The van der Waals surface area contributed by atoms with Crippen LogP contribution in [0.15, 0.2) is 54.6 Å². The van der Waals surface area contributed by atoms with Gasteiger partial charge in [0.25, 0.3) is 0 Å². The van der Waals surface area contributed by atoms with Crippen molar-refractivity contribution in [1.29, 1.82) is 5.41 Å². The molecule has 38 heavy (non-hydrogen) atoms. The summed E-state index contributed by atoms with van der Waals surface area (Å²) in [7, 11) is 0. The number of nitrogens with one attached hydrogen (secondary N) is 4. The first-order valence-electron chi connectivity index (χ1n) is 12.1. The molecule has 4 rings (SSSR count). The minimum Gasteiger partial charge on any atom is -0.490 e. The molecule has 2 amide bonds. The van der Waals surface area contributed by atoms with Crippen LogP contribution in [0.1, 0.15) is 43.4 Å². The molecule has 11 heteroatoms. The van der Waals surface area contributed by atoms with E-state index in [1.807, 2.05) is 37.3 Å². The Kier molecular flexibility index (Phi) is 10.6. The lowest BCUT2D eigenvalue weighted by atomic mass is 10.0. The van der Waals surface area contributed by atoms with Gasteiger partial charge in [0, 0.05) is 21.7 Å². The molecule has 0 unspecified atom stereocenters. The number of halogens is 2. The second-order valence-corrected chi connectivity index (χ2v) is 10.6. The number of nitrogen functional groups attached to an aromatic ring is 1. The fourth-order valence-corrected chi connectivity index (χ4v) is 5.19. The van der Waals surface area contributed by atoms with Crippen LogP contribution in [-0.4, -0.2) is 36.8 Å². The third-order valence-corrected chi connectivity index (χ3v) is 7.36. The van der Waals surface area contributed by atoms with E-state index in [1.165, 1.54) is 11.3 Å². The van der Waals surface area contributed by atoms with Crippen molar-refractivity contribution in [1.82, 2.24) is 10.6 Å². The standard InChI is InChI=1S/C27H30ClN5O3S.ClH/c1-16(32-25(34)15-26(35)33-19-5-2-17(3-6-19)27(29)30)18-4-7-22(36-20-10-12-31-13-11-20)21(14-18)23-8-9-24(28)37-23;/h2-9,14,16,20,31H,10-13,15H2,1H3,(H3,29,30)(H,32,34)(H,33,35);1H/t16-;/m0./s1. The number of carbonyl (C=O) groups excluding carboxylic acids is 2. The van der Waals surface area contributed by atoms with Crippen LogP contribution in [0, 0.1) is 5.41 Å². The average Bonchev–Trinajstić information content (AvgIpc) is 3.31. The molecular weight excluding hydrogens is 545 g/mol. The van der Waals surface area contributed by atoms with E-state index in [0.717, 1.165) is 47.7 Å². The SMILES string of the molecule is C[C@H](NC(=O)CC(=O)Nc1ccc(C(=N)N)cc1)c1ccc(OC2CCNCC2)c(-c2ccc(Cl)s2)c1.Cl. The molecule has 0 spiro atoms. The Morgan fingerprint density at radius 3 is 2.47 bits per heavy atom. The van der Waals surface area contributed by atoms with Gasteiger partial charge in [0.2, 0.25) is 11.8 Å². The number of amidine groups is 1. The van der Waals surface area contributed by atoms with Crippen LogP contribution in [0.25, 0.3) is 10.4 Å². The number of carbonyl (C=O) groups is 2. The Balaban J connectivity index is 0.00000400. The highest BCUT2D eigenvalue weighted by atomic mass is 35.5. The van der Waals surface area contributed by atoms with Gasteiger partial charge in [0.05, 0.1) is 10.4 Å². The second-order valence-electron chi connectivity index (χ2n) is 8.93. The third kappa shape index (κ3) is 7.94. The van der Waals surface area contributed by atoms with Gasteiger partial charge in [-0.25, -0.2) is 0 Å². The molecule has 202 valence electrons. The molecule has 3 aromatic rings. The summed E-state index contributed by atoms with van der Waals surface area (Å²) in [5, 5.41) is 16.4. The van der Waals surface area contributed by atoms with Gasteiger partial charge >= 0.3 is 0 Å². The molecule has 0 aliphatic carbocycles. The first kappa shape index (κ1) is 29.4. The monoisotopic (exact) mass is 575 g/mol. The fourth-order valence-electron chi connectivity index (χ4n) is 4.12. The lowest BCUT2D eigenvalue weighted by molar-refractivity contribution is -0.127. The predicted octanol–water partition coefficient (Wildman–Crippen LogP) is 5.11. The molecule has 2 aromatic carbocycles. The normalized spacial score (nSPS) is 14.2. The number of hydrogen-bond acceptors (Lipinski definition) is 6. The minimum absolute atomic E-state index is 0. The number of piperidine rings is 1. The highest BCUT2D eigenvalue weighted by molar-refractivity contribution is 7.19. The van der Waals surface area contributed by atoms with Gasteiger partial charge in [-0.3, -0.25) is 15.0 Å². The number of hydrogen-bond donors (Lipinski definition) is 5. The van der Waals surface area contributed by atoms with Crippen LogP contribution in [0.5, 0.6) is 5.75 Å². The van der Waals surface area contributed by atoms with Crippen molar-refractivity contribution in [3.05, 3.63) is 70.1 Å². The largest absolute Gasteiger partial charge is 0.490 e. The quantitative estimate of drug-likeness (QED) is 0.137. The molecule has 1 aliphatic rings. The summed E-state index contributed by atoms with van der Waals surface area (Å²) in [6, 6.07) is 16.0. The molecule has 8 nitrogen and oxygen atoms in total. The van der Waals surface area contributed by atoms with Crippen LogP contribution in [0.2, 0.25) is 4.34 Å². The Hall–Kier alpha value is -3.11. The van der Waals surface area contributed by atoms with Crippen molar-refractivity contribution in [3.63, 3.8) is 0 Å². The minimum atomic E-state index is -0.431. The van der Waals surface area contributed by atoms with E-state index in [9.17, 15) is 9.59 Å². The maximum atomic E-state index is 12.6. The van der Waals surface area contributed by atoms with Crippen molar-refractivity contribution in [3.8, 4) is 16.2 Å². The number of amides is 2. The lowest BCUT2D eigenvalue weighted by Crippen LogP contribution is -2.34. The topological polar surface area (TPSA) is 129 Å². The second kappa shape index (κ2) is 13.6. The van der Waals surface area contributed by atoms with Gasteiger partial charge in [0.1, 0.15) is 24.1 Å². The molecule has 1 fully saturated rings. The molecule has 1 aromatic heterocycles. The summed E-state index contributed by atoms with van der Waals surface area (Å²) in [6.07, 6.45) is 1.72. The maximum Gasteiger partial charge on any atom is 0.233 e. The molecule has 1 aliphatic heterocycles. The Bertz CT molecular complexity index is 1280. The average molecular weight is 577 g/mol. The summed E-state index contributed by atoms with van der Waals surface area (Å²) in [5.74, 6) is -0.0775. The highest BCUT2D eigenvalue weighted by Crippen LogP contribution is 2.39. The van der Waals surface area contributed by atoms with Gasteiger partial charge in [-0.15, -0.1) is 23.7 Å². The van der Waals surface area contributed by atoms with E-state index in [0.29, 0.717) is 15.6 Å². The molecule has 0 saturated carbocycles. The number of anilines is 1. The number of benzene rings is 2. The molecule has 1 saturated heterocycles. The fraction of sp³-hybridized carbons (Fsp3) is 0.296. The highest BCUT2D eigenvalue weighted by Gasteiger charge is 2.20.